The normalized spacial score (nSPS) is 15.3. The molecule has 1 saturated heterocycles. The summed E-state index contributed by atoms with van der Waals surface area (Å²) in [5, 5.41) is 4.80. The summed E-state index contributed by atoms with van der Waals surface area (Å²) in [6, 6.07) is 16.8. The zero-order valence-corrected chi connectivity index (χ0v) is 23.6. The number of piperidine rings is 1. The zero-order valence-electron chi connectivity index (χ0n) is 22.9. The fourth-order valence-electron chi connectivity index (χ4n) is 5.08. The van der Waals surface area contributed by atoms with Gasteiger partial charge in [-0.05, 0) is 55.5 Å². The van der Waals surface area contributed by atoms with Gasteiger partial charge in [0.25, 0.3) is 0 Å². The van der Waals surface area contributed by atoms with E-state index in [0.29, 0.717) is 36.2 Å². The minimum Gasteiger partial charge on any atom is -0.337 e. The second-order valence-electron chi connectivity index (χ2n) is 10.3. The summed E-state index contributed by atoms with van der Waals surface area (Å²) in [5.74, 6) is 0.845. The molecule has 0 saturated carbocycles. The number of unbranched alkanes of at least 4 members (excludes halogenated alkanes) is 5. The van der Waals surface area contributed by atoms with Crippen LogP contribution < -0.4 is 0 Å². The van der Waals surface area contributed by atoms with E-state index in [4.69, 9.17) is 16.1 Å². The van der Waals surface area contributed by atoms with Crippen LogP contribution in [0.3, 0.4) is 0 Å². The molecule has 1 unspecified atom stereocenters. The minimum atomic E-state index is -0.299. The maximum atomic E-state index is 13.7. The lowest BCUT2D eigenvalue weighted by molar-refractivity contribution is -0.143. The number of benzene rings is 2. The predicted octanol–water partition coefficient (Wildman–Crippen LogP) is 7.22. The van der Waals surface area contributed by atoms with Crippen molar-refractivity contribution < 1.29 is 14.1 Å². The maximum absolute atomic E-state index is 13.7. The molecule has 1 aliphatic rings. The molecule has 3 aromatic rings. The number of carbonyl (C=O) groups is 2. The van der Waals surface area contributed by atoms with Crippen LogP contribution in [0.2, 0.25) is 5.02 Å². The summed E-state index contributed by atoms with van der Waals surface area (Å²) in [5.41, 5.74) is 1.82. The summed E-state index contributed by atoms with van der Waals surface area (Å²) >= 11 is 6.01. The number of nitrogens with zero attached hydrogens (tertiary/aromatic N) is 4. The topological polar surface area (TPSA) is 79.5 Å². The van der Waals surface area contributed by atoms with Crippen LogP contribution in [0.15, 0.2) is 59.1 Å². The average Bonchev–Trinajstić information content (AvgIpc) is 3.45. The Morgan fingerprint density at radius 1 is 1.00 bits per heavy atom. The van der Waals surface area contributed by atoms with Crippen LogP contribution in [0.1, 0.15) is 88.6 Å². The van der Waals surface area contributed by atoms with Crippen LogP contribution in [-0.4, -0.2) is 44.8 Å². The Labute approximate surface area is 236 Å². The van der Waals surface area contributed by atoms with Gasteiger partial charge in [0.05, 0.1) is 0 Å². The van der Waals surface area contributed by atoms with Crippen molar-refractivity contribution in [2.45, 2.75) is 83.7 Å². The third kappa shape index (κ3) is 8.40. The lowest BCUT2D eigenvalue weighted by Gasteiger charge is -2.35. The van der Waals surface area contributed by atoms with Crippen LogP contribution in [0, 0.1) is 0 Å². The molecule has 1 aliphatic heterocycles. The Morgan fingerprint density at radius 3 is 2.51 bits per heavy atom. The highest BCUT2D eigenvalue weighted by atomic mass is 35.5. The van der Waals surface area contributed by atoms with Crippen LogP contribution in [0.25, 0.3) is 11.4 Å². The Hall–Kier alpha value is -3.19. The van der Waals surface area contributed by atoms with Crippen molar-refractivity contribution in [1.82, 2.24) is 19.9 Å². The van der Waals surface area contributed by atoms with E-state index in [1.807, 2.05) is 47.4 Å². The molecular formula is C31H39ClN4O3. The van der Waals surface area contributed by atoms with Gasteiger partial charge in [0, 0.05) is 30.1 Å². The molecule has 8 heteroatoms. The van der Waals surface area contributed by atoms with Gasteiger partial charge in [0.15, 0.2) is 0 Å². The van der Waals surface area contributed by atoms with E-state index in [1.165, 1.54) is 19.3 Å². The van der Waals surface area contributed by atoms with Crippen LogP contribution >= 0.6 is 11.6 Å². The van der Waals surface area contributed by atoms with Crippen molar-refractivity contribution in [2.24, 2.45) is 0 Å². The molecule has 2 amide bonds. The van der Waals surface area contributed by atoms with E-state index in [0.717, 1.165) is 49.7 Å². The molecule has 2 aromatic carbocycles. The van der Waals surface area contributed by atoms with Crippen molar-refractivity contribution in [3.63, 3.8) is 0 Å². The predicted molar refractivity (Wildman–Crippen MR) is 153 cm³/mol. The van der Waals surface area contributed by atoms with Crippen molar-refractivity contribution in [2.75, 3.05) is 13.1 Å². The van der Waals surface area contributed by atoms with Crippen molar-refractivity contribution in [3.05, 3.63) is 71.1 Å². The van der Waals surface area contributed by atoms with E-state index in [9.17, 15) is 9.59 Å². The number of hydrogen-bond acceptors (Lipinski definition) is 5. The molecule has 1 fully saturated rings. The fourth-order valence-corrected chi connectivity index (χ4v) is 5.20. The van der Waals surface area contributed by atoms with Crippen molar-refractivity contribution in [1.29, 1.82) is 0 Å². The summed E-state index contributed by atoms with van der Waals surface area (Å²) in [6.45, 7) is 3.26. The van der Waals surface area contributed by atoms with Gasteiger partial charge in [-0.2, -0.15) is 4.98 Å². The molecule has 39 heavy (non-hydrogen) atoms. The highest BCUT2D eigenvalue weighted by Crippen LogP contribution is 2.31. The smallest absolute Gasteiger partial charge is 0.249 e. The lowest BCUT2D eigenvalue weighted by Crippen LogP contribution is -2.45. The van der Waals surface area contributed by atoms with Crippen LogP contribution in [0.4, 0.5) is 0 Å². The molecule has 0 aliphatic carbocycles. The number of hydrogen-bond donors (Lipinski definition) is 0. The van der Waals surface area contributed by atoms with Gasteiger partial charge >= 0.3 is 0 Å². The zero-order chi connectivity index (χ0) is 27.5. The minimum absolute atomic E-state index is 0.0269. The molecule has 208 valence electrons. The number of carbonyl (C=O) groups excluding carboxylic acids is 2. The van der Waals surface area contributed by atoms with Crippen molar-refractivity contribution >= 4 is 23.4 Å². The average molecular weight is 551 g/mol. The number of likely N-dealkylation sites (tertiary alicyclic amines) is 1. The van der Waals surface area contributed by atoms with Gasteiger partial charge in [0.1, 0.15) is 12.6 Å². The standard InChI is InChI=1S/C31H39ClN4O3/c1-2-3-4-5-6-10-16-28(37)35(22-24-13-8-7-9-14-24)23-29(38)36-21-12-11-15-27(36)31-33-30(34-39-31)25-17-19-26(32)20-18-25/h7-9,13-14,17-20,27H,2-6,10-12,15-16,21-23H2,1H3. The van der Waals surface area contributed by atoms with Gasteiger partial charge in [-0.3, -0.25) is 9.59 Å². The van der Waals surface area contributed by atoms with E-state index in [1.54, 1.807) is 17.0 Å². The molecule has 2 heterocycles. The molecule has 1 atom stereocenters. The first-order valence-corrected chi connectivity index (χ1v) is 14.6. The Balaban J connectivity index is 1.44. The van der Waals surface area contributed by atoms with Gasteiger partial charge in [-0.15, -0.1) is 0 Å². The van der Waals surface area contributed by atoms with E-state index >= 15 is 0 Å². The number of amides is 2. The highest BCUT2D eigenvalue weighted by molar-refractivity contribution is 6.30. The highest BCUT2D eigenvalue weighted by Gasteiger charge is 2.33. The molecule has 1 aromatic heterocycles. The van der Waals surface area contributed by atoms with Crippen LogP contribution in [0.5, 0.6) is 0 Å². The summed E-state index contributed by atoms with van der Waals surface area (Å²) in [6.07, 6.45) is 9.78. The fraction of sp³-hybridized carbons (Fsp3) is 0.484. The molecule has 0 bridgehead atoms. The number of aromatic nitrogens is 2. The van der Waals surface area contributed by atoms with Gasteiger partial charge in [0.2, 0.25) is 23.5 Å². The Bertz CT molecular complexity index is 1180. The first-order valence-electron chi connectivity index (χ1n) is 14.3. The van der Waals surface area contributed by atoms with Gasteiger partial charge in [-0.25, -0.2) is 0 Å². The summed E-state index contributed by atoms with van der Waals surface area (Å²) in [7, 11) is 0. The Morgan fingerprint density at radius 2 is 1.74 bits per heavy atom. The second kappa shape index (κ2) is 14.8. The largest absolute Gasteiger partial charge is 0.337 e. The van der Waals surface area contributed by atoms with Gasteiger partial charge < -0.3 is 14.3 Å². The number of halogens is 1. The SMILES string of the molecule is CCCCCCCCC(=O)N(CC(=O)N1CCCCC1c1nc(-c2ccc(Cl)cc2)no1)Cc1ccccc1. The third-order valence-corrected chi connectivity index (χ3v) is 7.54. The van der Waals surface area contributed by atoms with E-state index in [-0.39, 0.29) is 24.4 Å². The van der Waals surface area contributed by atoms with Gasteiger partial charge in [-0.1, -0.05) is 86.1 Å². The van der Waals surface area contributed by atoms with E-state index in [2.05, 4.69) is 17.1 Å². The molecular weight excluding hydrogens is 512 g/mol. The lowest BCUT2D eigenvalue weighted by atomic mass is 10.0. The molecule has 0 spiro atoms. The van der Waals surface area contributed by atoms with Crippen molar-refractivity contribution in [3.8, 4) is 11.4 Å². The quantitative estimate of drug-likeness (QED) is 0.210. The Kier molecular flexibility index (Phi) is 11.0. The molecule has 4 rings (SSSR count). The van der Waals surface area contributed by atoms with E-state index < -0.39 is 0 Å². The second-order valence-corrected chi connectivity index (χ2v) is 10.8. The summed E-state index contributed by atoms with van der Waals surface area (Å²) < 4.78 is 5.64. The molecule has 7 nitrogen and oxygen atoms in total. The monoisotopic (exact) mass is 550 g/mol. The first-order chi connectivity index (χ1) is 19.0. The summed E-state index contributed by atoms with van der Waals surface area (Å²) in [4.78, 5) is 35.1. The maximum Gasteiger partial charge on any atom is 0.249 e. The van der Waals surface area contributed by atoms with Crippen LogP contribution in [-0.2, 0) is 16.1 Å². The first kappa shape index (κ1) is 28.8. The number of rotatable bonds is 13. The molecule has 0 N–H and O–H groups in total. The third-order valence-electron chi connectivity index (χ3n) is 7.29. The molecule has 0 radical (unpaired) electrons.